The van der Waals surface area contributed by atoms with Crippen molar-refractivity contribution >= 4 is 11.8 Å². The van der Waals surface area contributed by atoms with E-state index in [0.29, 0.717) is 12.3 Å². The zero-order valence-electron chi connectivity index (χ0n) is 9.79. The van der Waals surface area contributed by atoms with Gasteiger partial charge in [0.1, 0.15) is 0 Å². The number of rotatable bonds is 4. The SMILES string of the molecule is CNC(=O)CNC(=O)C[C@H]1C[C@H]2CC[C@H]1C2. The van der Waals surface area contributed by atoms with Gasteiger partial charge in [-0.15, -0.1) is 0 Å². The summed E-state index contributed by atoms with van der Waals surface area (Å²) in [6.07, 6.45) is 5.82. The molecule has 3 atom stereocenters. The summed E-state index contributed by atoms with van der Waals surface area (Å²) in [5.41, 5.74) is 0. The first-order chi connectivity index (χ1) is 7.69. The number of hydrogen-bond acceptors (Lipinski definition) is 2. The van der Waals surface area contributed by atoms with E-state index < -0.39 is 0 Å². The lowest BCUT2D eigenvalue weighted by molar-refractivity contribution is -0.126. The van der Waals surface area contributed by atoms with Gasteiger partial charge < -0.3 is 10.6 Å². The van der Waals surface area contributed by atoms with Crippen LogP contribution in [-0.4, -0.2) is 25.4 Å². The van der Waals surface area contributed by atoms with Crippen LogP contribution in [0.4, 0.5) is 0 Å². The van der Waals surface area contributed by atoms with Gasteiger partial charge in [-0.05, 0) is 37.0 Å². The first-order valence-corrected chi connectivity index (χ1v) is 6.16. The fraction of sp³-hybridized carbons (Fsp3) is 0.833. The molecule has 0 aliphatic heterocycles. The zero-order valence-corrected chi connectivity index (χ0v) is 9.79. The quantitative estimate of drug-likeness (QED) is 0.737. The summed E-state index contributed by atoms with van der Waals surface area (Å²) in [5.74, 6) is 2.11. The molecule has 4 heteroatoms. The van der Waals surface area contributed by atoms with Gasteiger partial charge in [-0.3, -0.25) is 9.59 Å². The summed E-state index contributed by atoms with van der Waals surface area (Å²) in [5, 5.41) is 5.16. The van der Waals surface area contributed by atoms with Gasteiger partial charge in [0.05, 0.1) is 6.54 Å². The average Bonchev–Trinajstić information content (AvgIpc) is 2.87. The fourth-order valence-electron chi connectivity index (χ4n) is 3.20. The number of hydrogen-bond donors (Lipinski definition) is 2. The highest BCUT2D eigenvalue weighted by Gasteiger charge is 2.39. The van der Waals surface area contributed by atoms with Crippen LogP contribution < -0.4 is 10.6 Å². The fourth-order valence-corrected chi connectivity index (χ4v) is 3.20. The second-order valence-corrected chi connectivity index (χ2v) is 5.09. The largest absolute Gasteiger partial charge is 0.358 e. The highest BCUT2D eigenvalue weighted by molar-refractivity contribution is 5.84. The van der Waals surface area contributed by atoms with Gasteiger partial charge in [0.25, 0.3) is 0 Å². The summed E-state index contributed by atoms with van der Waals surface area (Å²) < 4.78 is 0. The van der Waals surface area contributed by atoms with Crippen molar-refractivity contribution in [2.45, 2.75) is 32.1 Å². The third-order valence-electron chi connectivity index (χ3n) is 4.06. The standard InChI is InChI=1S/C12H20N2O2/c1-13-12(16)7-14-11(15)6-10-5-8-2-3-9(10)4-8/h8-10H,2-7H2,1H3,(H,13,16)(H,14,15)/t8-,9-,10+/m0/s1. The number of carbonyl (C=O) groups is 2. The highest BCUT2D eigenvalue weighted by atomic mass is 16.2. The van der Waals surface area contributed by atoms with E-state index in [0.717, 1.165) is 11.8 Å². The molecule has 2 aliphatic carbocycles. The average molecular weight is 224 g/mol. The van der Waals surface area contributed by atoms with Gasteiger partial charge in [0, 0.05) is 13.5 Å². The van der Waals surface area contributed by atoms with Gasteiger partial charge >= 0.3 is 0 Å². The summed E-state index contributed by atoms with van der Waals surface area (Å²) >= 11 is 0. The van der Waals surface area contributed by atoms with Crippen LogP contribution in [0.15, 0.2) is 0 Å². The van der Waals surface area contributed by atoms with Crippen LogP contribution in [0.5, 0.6) is 0 Å². The first kappa shape index (κ1) is 11.4. The van der Waals surface area contributed by atoms with E-state index in [4.69, 9.17) is 0 Å². The summed E-state index contributed by atoms with van der Waals surface area (Å²) in [4.78, 5) is 22.6. The molecule has 2 bridgehead atoms. The van der Waals surface area contributed by atoms with Crippen molar-refractivity contribution in [1.29, 1.82) is 0 Å². The summed E-state index contributed by atoms with van der Waals surface area (Å²) in [6.45, 7) is 0.107. The molecule has 16 heavy (non-hydrogen) atoms. The predicted octanol–water partition coefficient (Wildman–Crippen LogP) is 0.675. The minimum atomic E-state index is -0.138. The molecule has 0 heterocycles. The van der Waals surface area contributed by atoms with Gasteiger partial charge in [0.15, 0.2) is 0 Å². The monoisotopic (exact) mass is 224 g/mol. The van der Waals surface area contributed by atoms with Crippen LogP contribution in [0.1, 0.15) is 32.1 Å². The van der Waals surface area contributed by atoms with E-state index in [-0.39, 0.29) is 18.4 Å². The minimum absolute atomic E-state index is 0.0288. The highest BCUT2D eigenvalue weighted by Crippen LogP contribution is 2.49. The van der Waals surface area contributed by atoms with Crippen LogP contribution >= 0.6 is 0 Å². The molecular weight excluding hydrogens is 204 g/mol. The lowest BCUT2D eigenvalue weighted by Gasteiger charge is -2.20. The van der Waals surface area contributed by atoms with Crippen molar-refractivity contribution in [2.75, 3.05) is 13.6 Å². The maximum atomic E-state index is 11.6. The number of likely N-dealkylation sites (N-methyl/N-ethyl adjacent to an activating group) is 1. The molecule has 4 nitrogen and oxygen atoms in total. The maximum Gasteiger partial charge on any atom is 0.239 e. The third kappa shape index (κ3) is 2.54. The van der Waals surface area contributed by atoms with Crippen LogP contribution in [0.2, 0.25) is 0 Å². The Morgan fingerprint density at radius 3 is 2.56 bits per heavy atom. The van der Waals surface area contributed by atoms with Crippen LogP contribution in [-0.2, 0) is 9.59 Å². The Balaban J connectivity index is 1.69. The van der Waals surface area contributed by atoms with Gasteiger partial charge in [-0.25, -0.2) is 0 Å². The molecule has 0 unspecified atom stereocenters. The van der Waals surface area contributed by atoms with Crippen molar-refractivity contribution < 1.29 is 9.59 Å². The third-order valence-corrected chi connectivity index (χ3v) is 4.06. The van der Waals surface area contributed by atoms with Crippen LogP contribution in [0.3, 0.4) is 0 Å². The molecule has 2 aliphatic rings. The van der Waals surface area contributed by atoms with Gasteiger partial charge in [-0.2, -0.15) is 0 Å². The Labute approximate surface area is 96.2 Å². The topological polar surface area (TPSA) is 58.2 Å². The molecule has 0 spiro atoms. The van der Waals surface area contributed by atoms with Crippen molar-refractivity contribution in [3.05, 3.63) is 0 Å². The number of fused-ring (bicyclic) bond motifs is 2. The van der Waals surface area contributed by atoms with Crippen molar-refractivity contribution in [3.8, 4) is 0 Å². The van der Waals surface area contributed by atoms with Gasteiger partial charge in [0.2, 0.25) is 11.8 Å². The first-order valence-electron chi connectivity index (χ1n) is 6.16. The van der Waals surface area contributed by atoms with E-state index in [1.807, 2.05) is 0 Å². The lowest BCUT2D eigenvalue weighted by Crippen LogP contribution is -2.36. The Morgan fingerprint density at radius 1 is 1.19 bits per heavy atom. The second-order valence-electron chi connectivity index (χ2n) is 5.09. The van der Waals surface area contributed by atoms with E-state index in [1.54, 1.807) is 7.05 Å². The zero-order chi connectivity index (χ0) is 11.5. The summed E-state index contributed by atoms with van der Waals surface area (Å²) in [7, 11) is 1.57. The number of amides is 2. The van der Waals surface area contributed by atoms with E-state index >= 15 is 0 Å². The van der Waals surface area contributed by atoms with Crippen LogP contribution in [0, 0.1) is 17.8 Å². The number of carbonyl (C=O) groups excluding carboxylic acids is 2. The maximum absolute atomic E-state index is 11.6. The van der Waals surface area contributed by atoms with E-state index in [2.05, 4.69) is 10.6 Å². The lowest BCUT2D eigenvalue weighted by atomic mass is 9.86. The van der Waals surface area contributed by atoms with E-state index in [9.17, 15) is 9.59 Å². The van der Waals surface area contributed by atoms with Crippen LogP contribution in [0.25, 0.3) is 0 Å². The van der Waals surface area contributed by atoms with Crippen molar-refractivity contribution in [2.24, 2.45) is 17.8 Å². The second kappa shape index (κ2) is 4.85. The smallest absolute Gasteiger partial charge is 0.239 e. The number of nitrogens with one attached hydrogen (secondary N) is 2. The molecule has 2 N–H and O–H groups in total. The Kier molecular flexibility index (Phi) is 3.46. The van der Waals surface area contributed by atoms with Crippen molar-refractivity contribution in [1.82, 2.24) is 10.6 Å². The molecule has 2 saturated carbocycles. The molecular formula is C12H20N2O2. The Hall–Kier alpha value is -1.06. The molecule has 0 saturated heterocycles. The molecule has 0 aromatic rings. The van der Waals surface area contributed by atoms with Crippen molar-refractivity contribution in [3.63, 3.8) is 0 Å². The summed E-state index contributed by atoms with van der Waals surface area (Å²) in [6, 6.07) is 0. The molecule has 0 aromatic heterocycles. The van der Waals surface area contributed by atoms with Gasteiger partial charge in [-0.1, -0.05) is 6.42 Å². The molecule has 2 rings (SSSR count). The molecule has 2 fully saturated rings. The molecule has 0 radical (unpaired) electrons. The van der Waals surface area contributed by atoms with E-state index in [1.165, 1.54) is 25.7 Å². The molecule has 2 amide bonds. The molecule has 0 aromatic carbocycles. The minimum Gasteiger partial charge on any atom is -0.358 e. The Morgan fingerprint density at radius 2 is 2.00 bits per heavy atom. The molecule has 90 valence electrons. The predicted molar refractivity (Wildman–Crippen MR) is 60.6 cm³/mol. The normalized spacial score (nSPS) is 31.4. The Bertz CT molecular complexity index is 291.